The molecule has 8 bridgehead atoms. The molecule has 36 heavy (non-hydrogen) atoms. The first kappa shape index (κ1) is 24.3. The molecule has 0 amide bonds. The van der Waals surface area contributed by atoms with Crippen molar-refractivity contribution in [3.63, 3.8) is 0 Å². The van der Waals surface area contributed by atoms with Crippen LogP contribution in [0.4, 0.5) is 17.6 Å². The molecule has 0 spiro atoms. The second-order valence-corrected chi connectivity index (χ2v) is 11.5. The van der Waals surface area contributed by atoms with Crippen molar-refractivity contribution in [3.8, 4) is 11.4 Å². The maximum Gasteiger partial charge on any atom is 0.155 e. The highest BCUT2D eigenvalue weighted by Crippen LogP contribution is 2.42. The molecular formula is C28H28F4N4. The third kappa shape index (κ3) is 3.41. The second kappa shape index (κ2) is 7.54. The molecule has 3 heterocycles. The van der Waals surface area contributed by atoms with Crippen LogP contribution in [0.2, 0.25) is 0 Å². The minimum Gasteiger partial charge on any atom is -0.238 e. The van der Waals surface area contributed by atoms with Crippen molar-refractivity contribution in [1.82, 2.24) is 19.6 Å². The molecule has 1 aliphatic heterocycles. The van der Waals surface area contributed by atoms with Crippen LogP contribution < -0.4 is 0 Å². The van der Waals surface area contributed by atoms with E-state index in [0.29, 0.717) is 11.4 Å². The second-order valence-electron chi connectivity index (χ2n) is 11.5. The van der Waals surface area contributed by atoms with Crippen LogP contribution in [0, 0.1) is 23.3 Å². The maximum atomic E-state index is 16.1. The van der Waals surface area contributed by atoms with E-state index in [0.717, 1.165) is 6.07 Å². The summed E-state index contributed by atoms with van der Waals surface area (Å²) in [5.74, 6) is -3.12. The van der Waals surface area contributed by atoms with Gasteiger partial charge in [0.15, 0.2) is 11.6 Å². The Balaban J connectivity index is 1.95. The summed E-state index contributed by atoms with van der Waals surface area (Å²) in [6, 6.07) is 7.01. The van der Waals surface area contributed by atoms with Crippen molar-refractivity contribution < 1.29 is 17.6 Å². The van der Waals surface area contributed by atoms with Crippen molar-refractivity contribution in [2.45, 2.75) is 64.7 Å². The largest absolute Gasteiger partial charge is 0.238 e. The van der Waals surface area contributed by atoms with Crippen molar-refractivity contribution in [2.24, 2.45) is 0 Å². The van der Waals surface area contributed by atoms with Gasteiger partial charge in [0.2, 0.25) is 0 Å². The summed E-state index contributed by atoms with van der Waals surface area (Å²) in [5, 5.41) is 9.20. The molecule has 5 rings (SSSR count). The van der Waals surface area contributed by atoms with Crippen molar-refractivity contribution in [2.75, 3.05) is 0 Å². The third-order valence-electron chi connectivity index (χ3n) is 7.27. The Morgan fingerprint density at radius 3 is 1.75 bits per heavy atom. The standard InChI is InChI=1S/C28H28F4N4/c1-26(2,3)23-24(31)16-13-20(25(23)32)36-11-9-22(34-36)28(6,7)21-8-10-35(33-21)19-12-15(27(16,4)5)17(29)14-18(19)30/h8-14H,1-7H3. The quantitative estimate of drug-likeness (QED) is 0.249. The normalized spacial score (nSPS) is 16.1. The third-order valence-corrected chi connectivity index (χ3v) is 7.27. The Bertz CT molecular complexity index is 1520. The molecule has 0 unspecified atom stereocenters. The average Bonchev–Trinajstić information content (AvgIpc) is 3.43. The van der Waals surface area contributed by atoms with Crippen LogP contribution in [0.5, 0.6) is 0 Å². The average molecular weight is 497 g/mol. The van der Waals surface area contributed by atoms with Crippen LogP contribution in [0.3, 0.4) is 0 Å². The summed E-state index contributed by atoms with van der Waals surface area (Å²) in [4.78, 5) is 0. The molecule has 8 heteroatoms. The fraction of sp³-hybridized carbons (Fsp3) is 0.357. The molecule has 0 aliphatic carbocycles. The molecular weight excluding hydrogens is 468 g/mol. The SMILES string of the molecule is CC(C)(C)c1c(F)c2cc(c1F)C(C)(C)c1cc(c(F)cc1F)-n1ccc(n1)C(C)(C)c1ccn-2n1. The lowest BCUT2D eigenvalue weighted by atomic mass is 9.74. The summed E-state index contributed by atoms with van der Waals surface area (Å²) >= 11 is 0. The zero-order valence-corrected chi connectivity index (χ0v) is 21.3. The molecule has 0 N–H and O–H groups in total. The topological polar surface area (TPSA) is 35.6 Å². The van der Waals surface area contributed by atoms with Gasteiger partial charge < -0.3 is 0 Å². The van der Waals surface area contributed by atoms with Gasteiger partial charge in [-0.2, -0.15) is 10.2 Å². The highest BCUT2D eigenvalue weighted by molar-refractivity contribution is 5.53. The van der Waals surface area contributed by atoms with Crippen LogP contribution >= 0.6 is 0 Å². The van der Waals surface area contributed by atoms with Gasteiger partial charge in [-0.15, -0.1) is 0 Å². The van der Waals surface area contributed by atoms with Gasteiger partial charge in [-0.1, -0.05) is 34.6 Å². The lowest BCUT2D eigenvalue weighted by Gasteiger charge is -2.32. The number of hydrogen-bond donors (Lipinski definition) is 0. The zero-order chi connectivity index (χ0) is 26.4. The van der Waals surface area contributed by atoms with Crippen molar-refractivity contribution in [3.05, 3.63) is 94.1 Å². The van der Waals surface area contributed by atoms with Crippen LogP contribution in [-0.4, -0.2) is 19.6 Å². The highest BCUT2D eigenvalue weighted by atomic mass is 19.1. The molecule has 0 radical (unpaired) electrons. The molecule has 0 saturated heterocycles. The predicted octanol–water partition coefficient (Wildman–Crippen LogP) is 6.88. The summed E-state index contributed by atoms with van der Waals surface area (Å²) in [5.41, 5.74) is -1.61. The first-order chi connectivity index (χ1) is 16.6. The molecule has 0 atom stereocenters. The van der Waals surface area contributed by atoms with E-state index >= 15 is 17.6 Å². The van der Waals surface area contributed by atoms with Crippen molar-refractivity contribution >= 4 is 0 Å². The lowest BCUT2D eigenvalue weighted by molar-refractivity contribution is 0.447. The molecule has 0 fully saturated rings. The first-order valence-electron chi connectivity index (χ1n) is 11.8. The van der Waals surface area contributed by atoms with E-state index in [9.17, 15) is 0 Å². The molecule has 2 aromatic carbocycles. The minimum atomic E-state index is -1.30. The Labute approximate surface area is 207 Å². The monoisotopic (exact) mass is 496 g/mol. The van der Waals surface area contributed by atoms with Gasteiger partial charge in [-0.3, -0.25) is 0 Å². The summed E-state index contributed by atoms with van der Waals surface area (Å²) in [6.07, 6.45) is 3.21. The Morgan fingerprint density at radius 2 is 1.19 bits per heavy atom. The smallest absolute Gasteiger partial charge is 0.155 e. The number of benzene rings is 2. The summed E-state index contributed by atoms with van der Waals surface area (Å²) in [7, 11) is 0. The van der Waals surface area contributed by atoms with E-state index in [1.165, 1.54) is 21.5 Å². The van der Waals surface area contributed by atoms with Gasteiger partial charge in [0, 0.05) is 40.6 Å². The zero-order valence-electron chi connectivity index (χ0n) is 21.3. The number of hydrogen-bond acceptors (Lipinski definition) is 2. The van der Waals surface area contributed by atoms with E-state index in [1.807, 2.05) is 13.8 Å². The van der Waals surface area contributed by atoms with Gasteiger partial charge in [0.05, 0.1) is 16.8 Å². The molecule has 188 valence electrons. The fourth-order valence-corrected chi connectivity index (χ4v) is 4.95. The number of fused-ring (bicyclic) bond motifs is 10. The summed E-state index contributed by atoms with van der Waals surface area (Å²) in [6.45, 7) is 12.2. The van der Waals surface area contributed by atoms with E-state index < -0.39 is 39.5 Å². The van der Waals surface area contributed by atoms with Crippen LogP contribution in [0.15, 0.2) is 42.7 Å². The van der Waals surface area contributed by atoms with E-state index in [1.54, 1.807) is 59.1 Å². The Hall–Kier alpha value is -3.42. The molecule has 4 nitrogen and oxygen atoms in total. The lowest BCUT2D eigenvalue weighted by Crippen LogP contribution is -2.28. The van der Waals surface area contributed by atoms with Gasteiger partial charge in [-0.05, 0) is 43.5 Å². The summed E-state index contributed by atoms with van der Waals surface area (Å²) < 4.78 is 65.1. The predicted molar refractivity (Wildman–Crippen MR) is 130 cm³/mol. The number of halogens is 4. The number of rotatable bonds is 0. The molecule has 0 saturated carbocycles. The van der Waals surface area contributed by atoms with Crippen LogP contribution in [0.1, 0.15) is 76.5 Å². The number of aromatic nitrogens is 4. The van der Waals surface area contributed by atoms with E-state index in [2.05, 4.69) is 10.2 Å². The Morgan fingerprint density at radius 1 is 0.667 bits per heavy atom. The molecule has 2 aromatic heterocycles. The van der Waals surface area contributed by atoms with Gasteiger partial charge in [0.1, 0.15) is 23.0 Å². The number of nitrogens with zero attached hydrogens (tertiary/aromatic N) is 4. The van der Waals surface area contributed by atoms with Gasteiger partial charge in [-0.25, -0.2) is 26.9 Å². The minimum absolute atomic E-state index is 0.0305. The van der Waals surface area contributed by atoms with Crippen LogP contribution in [-0.2, 0) is 16.2 Å². The van der Waals surface area contributed by atoms with Gasteiger partial charge in [0.25, 0.3) is 0 Å². The highest BCUT2D eigenvalue weighted by Gasteiger charge is 2.38. The van der Waals surface area contributed by atoms with Gasteiger partial charge >= 0.3 is 0 Å². The first-order valence-corrected chi connectivity index (χ1v) is 11.8. The van der Waals surface area contributed by atoms with Crippen molar-refractivity contribution in [1.29, 1.82) is 0 Å². The molecule has 1 aliphatic rings. The molecule has 4 aromatic rings. The van der Waals surface area contributed by atoms with E-state index in [4.69, 9.17) is 0 Å². The fourth-order valence-electron chi connectivity index (χ4n) is 4.95. The maximum absolute atomic E-state index is 16.1. The Kier molecular flexibility index (Phi) is 5.09. The van der Waals surface area contributed by atoms with E-state index in [-0.39, 0.29) is 28.1 Å². The van der Waals surface area contributed by atoms with Crippen LogP contribution in [0.25, 0.3) is 11.4 Å².